The maximum atomic E-state index is 11.9. The molecule has 0 spiro atoms. The van der Waals surface area contributed by atoms with Crippen molar-refractivity contribution in [2.24, 2.45) is 0 Å². The molecular formula is C13H16N2O3. The Labute approximate surface area is 105 Å². The zero-order valence-corrected chi connectivity index (χ0v) is 10.7. The number of anilines is 1. The molecule has 2 rings (SSSR count). The summed E-state index contributed by atoms with van der Waals surface area (Å²) < 4.78 is 10.2. The lowest BCUT2D eigenvalue weighted by Crippen LogP contribution is -2.09. The van der Waals surface area contributed by atoms with Crippen molar-refractivity contribution in [1.29, 1.82) is 0 Å². The van der Waals surface area contributed by atoms with E-state index in [1.54, 1.807) is 13.0 Å². The second-order valence-electron chi connectivity index (χ2n) is 4.04. The molecule has 0 fully saturated rings. The SMILES string of the molecule is CCOc1nc2c(CC)c(N)cc(C)c2c(=O)o1. The van der Waals surface area contributed by atoms with Crippen molar-refractivity contribution in [3.05, 3.63) is 27.6 Å². The van der Waals surface area contributed by atoms with Gasteiger partial charge >= 0.3 is 11.7 Å². The molecule has 5 nitrogen and oxygen atoms in total. The van der Waals surface area contributed by atoms with E-state index >= 15 is 0 Å². The highest BCUT2D eigenvalue weighted by Gasteiger charge is 2.15. The molecule has 0 saturated heterocycles. The van der Waals surface area contributed by atoms with Crippen molar-refractivity contribution < 1.29 is 9.15 Å². The number of hydrogen-bond acceptors (Lipinski definition) is 5. The molecule has 0 atom stereocenters. The highest BCUT2D eigenvalue weighted by atomic mass is 16.6. The van der Waals surface area contributed by atoms with Crippen LogP contribution in [0.15, 0.2) is 15.3 Å². The zero-order chi connectivity index (χ0) is 13.3. The largest absolute Gasteiger partial charge is 0.450 e. The van der Waals surface area contributed by atoms with E-state index in [0.29, 0.717) is 29.6 Å². The second kappa shape index (κ2) is 4.68. The Kier molecular flexibility index (Phi) is 3.23. The summed E-state index contributed by atoms with van der Waals surface area (Å²) in [4.78, 5) is 16.2. The number of fused-ring (bicyclic) bond motifs is 1. The Bertz CT molecular complexity index is 647. The molecule has 1 aromatic heterocycles. The van der Waals surface area contributed by atoms with Gasteiger partial charge in [-0.15, -0.1) is 0 Å². The van der Waals surface area contributed by atoms with Gasteiger partial charge in [0.05, 0.1) is 17.5 Å². The van der Waals surface area contributed by atoms with Gasteiger partial charge in [-0.25, -0.2) is 4.79 Å². The van der Waals surface area contributed by atoms with Gasteiger partial charge in [0.2, 0.25) is 0 Å². The number of nitrogens with zero attached hydrogens (tertiary/aromatic N) is 1. The third-order valence-electron chi connectivity index (χ3n) is 2.85. The van der Waals surface area contributed by atoms with E-state index < -0.39 is 5.63 Å². The van der Waals surface area contributed by atoms with E-state index in [-0.39, 0.29) is 6.08 Å². The Balaban J connectivity index is 2.87. The van der Waals surface area contributed by atoms with Crippen LogP contribution in [0.2, 0.25) is 0 Å². The molecule has 5 heteroatoms. The topological polar surface area (TPSA) is 78.4 Å². The van der Waals surface area contributed by atoms with Crippen LogP contribution in [0.5, 0.6) is 6.08 Å². The van der Waals surface area contributed by atoms with Gasteiger partial charge in [-0.1, -0.05) is 6.92 Å². The highest BCUT2D eigenvalue weighted by Crippen LogP contribution is 2.26. The van der Waals surface area contributed by atoms with Crippen LogP contribution in [0.4, 0.5) is 5.69 Å². The lowest BCUT2D eigenvalue weighted by molar-refractivity contribution is 0.229. The number of aromatic nitrogens is 1. The first-order chi connectivity index (χ1) is 8.58. The molecule has 1 heterocycles. The summed E-state index contributed by atoms with van der Waals surface area (Å²) in [5, 5.41) is 0.476. The molecule has 2 aromatic rings. The monoisotopic (exact) mass is 248 g/mol. The summed E-state index contributed by atoms with van der Waals surface area (Å²) in [5.41, 5.74) is 8.36. The maximum absolute atomic E-state index is 11.9. The molecule has 1 aromatic carbocycles. The molecule has 0 amide bonds. The number of rotatable bonds is 3. The summed E-state index contributed by atoms with van der Waals surface area (Å²) in [5.74, 6) is 0. The fourth-order valence-corrected chi connectivity index (χ4v) is 2.05. The van der Waals surface area contributed by atoms with Crippen molar-refractivity contribution in [3.63, 3.8) is 0 Å². The molecule has 96 valence electrons. The Morgan fingerprint density at radius 2 is 2.17 bits per heavy atom. The third-order valence-corrected chi connectivity index (χ3v) is 2.85. The molecule has 0 unspecified atom stereocenters. The van der Waals surface area contributed by atoms with Gasteiger partial charge in [0.15, 0.2) is 0 Å². The number of nitrogen functional groups attached to an aromatic ring is 1. The number of aryl methyl sites for hydroxylation is 2. The van der Waals surface area contributed by atoms with Gasteiger partial charge < -0.3 is 14.9 Å². The summed E-state index contributed by atoms with van der Waals surface area (Å²) in [6.45, 7) is 5.98. The fourth-order valence-electron chi connectivity index (χ4n) is 2.05. The van der Waals surface area contributed by atoms with Gasteiger partial charge in [-0.3, -0.25) is 0 Å². The lowest BCUT2D eigenvalue weighted by atomic mass is 10.0. The number of nitrogens with two attached hydrogens (primary N) is 1. The van der Waals surface area contributed by atoms with Crippen molar-refractivity contribution in [3.8, 4) is 6.08 Å². The molecule has 18 heavy (non-hydrogen) atoms. The van der Waals surface area contributed by atoms with Crippen LogP contribution in [-0.4, -0.2) is 11.6 Å². The van der Waals surface area contributed by atoms with Crippen molar-refractivity contribution in [2.75, 3.05) is 12.3 Å². The van der Waals surface area contributed by atoms with Gasteiger partial charge in [0.25, 0.3) is 0 Å². The van der Waals surface area contributed by atoms with E-state index in [9.17, 15) is 4.79 Å². The van der Waals surface area contributed by atoms with Crippen LogP contribution in [0.3, 0.4) is 0 Å². The minimum Gasteiger partial charge on any atom is -0.450 e. The first-order valence-corrected chi connectivity index (χ1v) is 5.94. The highest BCUT2D eigenvalue weighted by molar-refractivity contribution is 5.88. The predicted molar refractivity (Wildman–Crippen MR) is 70.0 cm³/mol. The molecule has 0 aliphatic carbocycles. The number of ether oxygens (including phenoxy) is 1. The Morgan fingerprint density at radius 3 is 2.78 bits per heavy atom. The van der Waals surface area contributed by atoms with Gasteiger partial charge in [-0.2, -0.15) is 4.98 Å². The summed E-state index contributed by atoms with van der Waals surface area (Å²) in [7, 11) is 0. The van der Waals surface area contributed by atoms with Gasteiger partial charge in [0, 0.05) is 11.3 Å². The van der Waals surface area contributed by atoms with E-state index in [1.807, 2.05) is 13.8 Å². The van der Waals surface area contributed by atoms with E-state index in [0.717, 1.165) is 11.1 Å². The molecule has 0 aliphatic heterocycles. The quantitative estimate of drug-likeness (QED) is 0.841. The molecule has 0 bridgehead atoms. The number of benzene rings is 1. The Hall–Kier alpha value is -2.04. The first kappa shape index (κ1) is 12.4. The second-order valence-corrected chi connectivity index (χ2v) is 4.04. The van der Waals surface area contributed by atoms with Crippen LogP contribution in [-0.2, 0) is 6.42 Å². The normalized spacial score (nSPS) is 10.8. The zero-order valence-electron chi connectivity index (χ0n) is 10.7. The minimum absolute atomic E-state index is 0.00491. The molecule has 0 saturated carbocycles. The van der Waals surface area contributed by atoms with E-state index in [1.165, 1.54) is 0 Å². The van der Waals surface area contributed by atoms with Gasteiger partial charge in [0.1, 0.15) is 0 Å². The van der Waals surface area contributed by atoms with Gasteiger partial charge in [-0.05, 0) is 31.9 Å². The van der Waals surface area contributed by atoms with Crippen molar-refractivity contribution in [1.82, 2.24) is 4.98 Å². The molecule has 2 N–H and O–H groups in total. The van der Waals surface area contributed by atoms with Crippen LogP contribution in [0.1, 0.15) is 25.0 Å². The predicted octanol–water partition coefficient (Wildman–Crippen LogP) is 2.04. The van der Waals surface area contributed by atoms with Crippen LogP contribution in [0.25, 0.3) is 10.9 Å². The van der Waals surface area contributed by atoms with Crippen LogP contribution in [0, 0.1) is 6.92 Å². The maximum Gasteiger partial charge on any atom is 0.397 e. The average molecular weight is 248 g/mol. The third kappa shape index (κ3) is 1.92. The summed E-state index contributed by atoms with van der Waals surface area (Å²) in [6.07, 6.45) is 0.694. The summed E-state index contributed by atoms with van der Waals surface area (Å²) in [6, 6.07) is 1.78. The fraction of sp³-hybridized carbons (Fsp3) is 0.385. The lowest BCUT2D eigenvalue weighted by Gasteiger charge is -2.10. The average Bonchev–Trinajstić information content (AvgIpc) is 2.28. The van der Waals surface area contributed by atoms with E-state index in [4.69, 9.17) is 14.9 Å². The van der Waals surface area contributed by atoms with Crippen molar-refractivity contribution in [2.45, 2.75) is 27.2 Å². The van der Waals surface area contributed by atoms with Crippen molar-refractivity contribution >= 4 is 16.6 Å². The smallest absolute Gasteiger partial charge is 0.397 e. The Morgan fingerprint density at radius 1 is 1.44 bits per heavy atom. The van der Waals surface area contributed by atoms with E-state index in [2.05, 4.69) is 4.98 Å². The van der Waals surface area contributed by atoms with Crippen LogP contribution >= 0.6 is 0 Å². The summed E-state index contributed by atoms with van der Waals surface area (Å²) >= 11 is 0. The number of hydrogen-bond donors (Lipinski definition) is 1. The minimum atomic E-state index is -0.435. The first-order valence-electron chi connectivity index (χ1n) is 5.94. The molecule has 0 aliphatic rings. The molecular weight excluding hydrogens is 232 g/mol. The van der Waals surface area contributed by atoms with Crippen LogP contribution < -0.4 is 16.1 Å². The molecule has 0 radical (unpaired) electrons. The standard InChI is InChI=1S/C13H16N2O3/c1-4-8-9(14)6-7(3)10-11(8)15-13(17-5-2)18-12(10)16/h6H,4-5,14H2,1-3H3.